The molecule has 2 aromatic rings. The molecular formula is C20H23N5O3. The van der Waals surface area contributed by atoms with Crippen molar-refractivity contribution in [3.63, 3.8) is 0 Å². The Morgan fingerprint density at radius 2 is 1.93 bits per heavy atom. The Hall–Kier alpha value is -3.16. The van der Waals surface area contributed by atoms with Gasteiger partial charge in [-0.3, -0.25) is 14.4 Å². The number of aromatic nitrogens is 2. The van der Waals surface area contributed by atoms with Crippen LogP contribution in [0.5, 0.6) is 0 Å². The number of hydrogen-bond donors (Lipinski definition) is 1. The Balaban J connectivity index is 1.42. The third kappa shape index (κ3) is 3.26. The zero-order chi connectivity index (χ0) is 19.8. The van der Waals surface area contributed by atoms with Gasteiger partial charge in [0.15, 0.2) is 0 Å². The summed E-state index contributed by atoms with van der Waals surface area (Å²) in [6.07, 6.45) is 2.18. The molecule has 0 fully saturated rings. The minimum Gasteiger partial charge on any atom is -0.331 e. The van der Waals surface area contributed by atoms with Gasteiger partial charge in [0.05, 0.1) is 23.1 Å². The van der Waals surface area contributed by atoms with Crippen molar-refractivity contribution >= 4 is 29.1 Å². The highest BCUT2D eigenvalue weighted by Gasteiger charge is 2.31. The monoisotopic (exact) mass is 381 g/mol. The first kappa shape index (κ1) is 18.2. The van der Waals surface area contributed by atoms with Gasteiger partial charge in [0.25, 0.3) is 0 Å². The van der Waals surface area contributed by atoms with Gasteiger partial charge in [-0.25, -0.2) is 4.98 Å². The van der Waals surface area contributed by atoms with Crippen LogP contribution in [-0.2, 0) is 20.9 Å². The second kappa shape index (κ2) is 7.10. The Bertz CT molecular complexity index is 951. The van der Waals surface area contributed by atoms with Crippen LogP contribution in [0.2, 0.25) is 0 Å². The Morgan fingerprint density at radius 1 is 1.18 bits per heavy atom. The van der Waals surface area contributed by atoms with Crippen LogP contribution < -0.4 is 10.2 Å². The van der Waals surface area contributed by atoms with Crippen molar-refractivity contribution in [1.82, 2.24) is 14.5 Å². The van der Waals surface area contributed by atoms with Gasteiger partial charge in [-0.15, -0.1) is 0 Å². The van der Waals surface area contributed by atoms with Crippen LogP contribution in [0, 0.1) is 6.92 Å². The number of aryl methyl sites for hydroxylation is 1. The first-order chi connectivity index (χ1) is 13.4. The summed E-state index contributed by atoms with van der Waals surface area (Å²) in [7, 11) is 0. The maximum Gasteiger partial charge on any atom is 0.244 e. The SMILES string of the molecule is Cc1cn2c(n1)C(C)N(C(=O)CCC(=O)N1CC(=O)Nc3ccccc31)CC2. The van der Waals surface area contributed by atoms with E-state index in [-0.39, 0.29) is 43.1 Å². The summed E-state index contributed by atoms with van der Waals surface area (Å²) in [4.78, 5) is 45.2. The topological polar surface area (TPSA) is 87.5 Å². The van der Waals surface area contributed by atoms with E-state index >= 15 is 0 Å². The Kier molecular flexibility index (Phi) is 4.62. The van der Waals surface area contributed by atoms with E-state index in [1.165, 1.54) is 4.90 Å². The van der Waals surface area contributed by atoms with Crippen molar-refractivity contribution in [1.29, 1.82) is 0 Å². The Morgan fingerprint density at radius 3 is 2.75 bits per heavy atom. The van der Waals surface area contributed by atoms with Gasteiger partial charge in [0, 0.05) is 32.1 Å². The molecule has 1 aromatic carbocycles. The van der Waals surface area contributed by atoms with E-state index in [1.54, 1.807) is 23.1 Å². The summed E-state index contributed by atoms with van der Waals surface area (Å²) < 4.78 is 2.08. The maximum absolute atomic E-state index is 12.8. The van der Waals surface area contributed by atoms with E-state index in [1.807, 2.05) is 26.1 Å². The lowest BCUT2D eigenvalue weighted by atomic mass is 10.1. The van der Waals surface area contributed by atoms with E-state index in [2.05, 4.69) is 14.9 Å². The van der Waals surface area contributed by atoms with Gasteiger partial charge >= 0.3 is 0 Å². The molecule has 0 bridgehead atoms. The summed E-state index contributed by atoms with van der Waals surface area (Å²) in [5.41, 5.74) is 2.22. The zero-order valence-electron chi connectivity index (χ0n) is 16.0. The summed E-state index contributed by atoms with van der Waals surface area (Å²) in [5, 5.41) is 2.76. The molecule has 3 amide bonds. The Labute approximate surface area is 163 Å². The van der Waals surface area contributed by atoms with E-state index in [0.29, 0.717) is 24.5 Å². The summed E-state index contributed by atoms with van der Waals surface area (Å²) in [5.74, 6) is 0.357. The minimum absolute atomic E-state index is 0.0269. The fourth-order valence-electron chi connectivity index (χ4n) is 3.92. The number of carbonyl (C=O) groups is 3. The predicted octanol–water partition coefficient (Wildman–Crippen LogP) is 1.86. The van der Waals surface area contributed by atoms with Crippen molar-refractivity contribution in [3.8, 4) is 0 Å². The smallest absolute Gasteiger partial charge is 0.244 e. The molecule has 8 nitrogen and oxygen atoms in total. The molecule has 0 saturated carbocycles. The lowest BCUT2D eigenvalue weighted by molar-refractivity contribution is -0.136. The molecule has 1 aromatic heterocycles. The number of nitrogens with one attached hydrogen (secondary N) is 1. The molecule has 1 atom stereocenters. The molecule has 1 unspecified atom stereocenters. The van der Waals surface area contributed by atoms with Crippen LogP contribution in [0.15, 0.2) is 30.5 Å². The number of amides is 3. The lowest BCUT2D eigenvalue weighted by Gasteiger charge is -2.34. The quantitative estimate of drug-likeness (QED) is 0.879. The van der Waals surface area contributed by atoms with Crippen LogP contribution >= 0.6 is 0 Å². The second-order valence-electron chi connectivity index (χ2n) is 7.24. The number of benzene rings is 1. The number of para-hydroxylation sites is 2. The number of rotatable bonds is 3. The van der Waals surface area contributed by atoms with Crippen molar-refractivity contribution in [2.24, 2.45) is 0 Å². The molecule has 0 saturated heterocycles. The number of imidazole rings is 1. The highest BCUT2D eigenvalue weighted by atomic mass is 16.2. The third-order valence-corrected chi connectivity index (χ3v) is 5.30. The number of hydrogen-bond acceptors (Lipinski definition) is 4. The first-order valence-electron chi connectivity index (χ1n) is 9.46. The van der Waals surface area contributed by atoms with Gasteiger partial charge in [0.1, 0.15) is 12.4 Å². The van der Waals surface area contributed by atoms with E-state index in [0.717, 1.165) is 11.5 Å². The fourth-order valence-corrected chi connectivity index (χ4v) is 3.92. The molecule has 0 aliphatic carbocycles. The zero-order valence-corrected chi connectivity index (χ0v) is 16.0. The first-order valence-corrected chi connectivity index (χ1v) is 9.46. The molecule has 8 heteroatoms. The highest BCUT2D eigenvalue weighted by molar-refractivity contribution is 6.10. The predicted molar refractivity (Wildman–Crippen MR) is 104 cm³/mol. The molecule has 146 valence electrons. The van der Waals surface area contributed by atoms with Crippen LogP contribution in [-0.4, -0.2) is 45.3 Å². The molecule has 28 heavy (non-hydrogen) atoms. The van der Waals surface area contributed by atoms with E-state index in [4.69, 9.17) is 0 Å². The highest BCUT2D eigenvalue weighted by Crippen LogP contribution is 2.30. The molecule has 0 radical (unpaired) electrons. The van der Waals surface area contributed by atoms with Crippen molar-refractivity contribution in [3.05, 3.63) is 42.0 Å². The lowest BCUT2D eigenvalue weighted by Crippen LogP contribution is -2.43. The summed E-state index contributed by atoms with van der Waals surface area (Å²) in [6, 6.07) is 7.06. The van der Waals surface area contributed by atoms with Gasteiger partial charge in [-0.1, -0.05) is 12.1 Å². The van der Waals surface area contributed by atoms with Gasteiger partial charge in [0.2, 0.25) is 17.7 Å². The number of fused-ring (bicyclic) bond motifs is 2. The molecule has 1 N–H and O–H groups in total. The van der Waals surface area contributed by atoms with Crippen LogP contribution in [0.4, 0.5) is 11.4 Å². The van der Waals surface area contributed by atoms with Gasteiger partial charge in [-0.05, 0) is 26.0 Å². The van der Waals surface area contributed by atoms with Crippen molar-refractivity contribution < 1.29 is 14.4 Å². The summed E-state index contributed by atoms with van der Waals surface area (Å²) >= 11 is 0. The van der Waals surface area contributed by atoms with Crippen LogP contribution in [0.25, 0.3) is 0 Å². The fraction of sp³-hybridized carbons (Fsp3) is 0.400. The molecule has 3 heterocycles. The van der Waals surface area contributed by atoms with Crippen LogP contribution in [0.3, 0.4) is 0 Å². The number of anilines is 2. The van der Waals surface area contributed by atoms with Crippen LogP contribution in [0.1, 0.15) is 37.3 Å². The van der Waals surface area contributed by atoms with E-state index < -0.39 is 0 Å². The molecule has 2 aliphatic heterocycles. The molecule has 2 aliphatic rings. The second-order valence-corrected chi connectivity index (χ2v) is 7.24. The third-order valence-electron chi connectivity index (χ3n) is 5.30. The van der Waals surface area contributed by atoms with Crippen molar-refractivity contribution in [2.45, 2.75) is 39.3 Å². The van der Waals surface area contributed by atoms with Gasteiger partial charge < -0.3 is 19.7 Å². The normalized spacial score (nSPS) is 18.4. The summed E-state index contributed by atoms with van der Waals surface area (Å²) in [6.45, 7) is 5.19. The van der Waals surface area contributed by atoms with Crippen molar-refractivity contribution in [2.75, 3.05) is 23.3 Å². The van der Waals surface area contributed by atoms with E-state index in [9.17, 15) is 14.4 Å². The molecule has 0 spiro atoms. The van der Waals surface area contributed by atoms with Gasteiger partial charge in [-0.2, -0.15) is 0 Å². The number of carbonyl (C=O) groups excluding carboxylic acids is 3. The largest absolute Gasteiger partial charge is 0.331 e. The average molecular weight is 381 g/mol. The average Bonchev–Trinajstić information content (AvgIpc) is 3.06. The maximum atomic E-state index is 12.8. The molecular weight excluding hydrogens is 358 g/mol. The number of nitrogens with zero attached hydrogens (tertiary/aromatic N) is 4. The molecule has 4 rings (SSSR count). The standard InChI is InChI=1S/C20H23N5O3/c1-13-11-23-9-10-24(14(2)20(23)21-13)18(27)7-8-19(28)25-12-17(26)22-15-5-3-4-6-16(15)25/h3-6,11,14H,7-10,12H2,1-2H3,(H,22,26). The minimum atomic E-state index is -0.231.